The SMILES string of the molecule is CCNC(=NCCCc1ccc(O)cc1)NC1CC2CCCC(C1)N2C. The van der Waals surface area contributed by atoms with Crippen LogP contribution >= 0.6 is 0 Å². The summed E-state index contributed by atoms with van der Waals surface area (Å²) in [4.78, 5) is 7.39. The van der Waals surface area contributed by atoms with Gasteiger partial charge in [0.1, 0.15) is 5.75 Å². The first-order valence-electron chi connectivity index (χ1n) is 10.2. The number of nitrogens with one attached hydrogen (secondary N) is 2. The van der Waals surface area contributed by atoms with Crippen LogP contribution in [0.25, 0.3) is 0 Å². The van der Waals surface area contributed by atoms with Gasteiger partial charge in [-0.25, -0.2) is 0 Å². The molecular formula is C21H34N4O. The normalized spacial score (nSPS) is 26.5. The van der Waals surface area contributed by atoms with Crippen LogP contribution in [-0.4, -0.2) is 54.2 Å². The summed E-state index contributed by atoms with van der Waals surface area (Å²) in [5.74, 6) is 1.29. The first-order valence-corrected chi connectivity index (χ1v) is 10.2. The molecular weight excluding hydrogens is 324 g/mol. The molecule has 2 saturated heterocycles. The molecule has 2 atom stereocenters. The van der Waals surface area contributed by atoms with Gasteiger partial charge in [0.05, 0.1) is 0 Å². The van der Waals surface area contributed by atoms with E-state index in [9.17, 15) is 5.11 Å². The lowest BCUT2D eigenvalue weighted by molar-refractivity contribution is 0.0526. The van der Waals surface area contributed by atoms with Gasteiger partial charge in [0, 0.05) is 31.2 Å². The number of guanidine groups is 1. The predicted molar refractivity (Wildman–Crippen MR) is 108 cm³/mol. The smallest absolute Gasteiger partial charge is 0.191 e. The third kappa shape index (κ3) is 5.13. The second kappa shape index (κ2) is 9.26. The number of aryl methyl sites for hydroxylation is 1. The molecule has 3 rings (SSSR count). The Hall–Kier alpha value is -1.75. The molecule has 0 saturated carbocycles. The van der Waals surface area contributed by atoms with Crippen molar-refractivity contribution in [1.29, 1.82) is 0 Å². The second-order valence-corrected chi connectivity index (χ2v) is 7.75. The first-order chi connectivity index (χ1) is 12.7. The first kappa shape index (κ1) is 19.0. The maximum Gasteiger partial charge on any atom is 0.191 e. The number of aromatic hydroxyl groups is 1. The molecule has 0 aliphatic carbocycles. The van der Waals surface area contributed by atoms with E-state index in [0.29, 0.717) is 11.8 Å². The van der Waals surface area contributed by atoms with Crippen LogP contribution in [-0.2, 0) is 6.42 Å². The van der Waals surface area contributed by atoms with Gasteiger partial charge in [0.15, 0.2) is 5.96 Å². The molecule has 2 heterocycles. The van der Waals surface area contributed by atoms with E-state index in [1.54, 1.807) is 12.1 Å². The van der Waals surface area contributed by atoms with Crippen molar-refractivity contribution in [3.8, 4) is 5.75 Å². The van der Waals surface area contributed by atoms with Gasteiger partial charge in [0.2, 0.25) is 0 Å². The lowest BCUT2D eigenvalue weighted by atomic mass is 9.82. The minimum absolute atomic E-state index is 0.327. The van der Waals surface area contributed by atoms with Crippen molar-refractivity contribution in [3.63, 3.8) is 0 Å². The van der Waals surface area contributed by atoms with Gasteiger partial charge in [-0.15, -0.1) is 0 Å². The summed E-state index contributed by atoms with van der Waals surface area (Å²) in [6, 6.07) is 9.48. The van der Waals surface area contributed by atoms with Gasteiger partial charge in [0.25, 0.3) is 0 Å². The molecule has 144 valence electrons. The summed E-state index contributed by atoms with van der Waals surface area (Å²) in [6.45, 7) is 3.83. The number of piperidine rings is 2. The van der Waals surface area contributed by atoms with Crippen molar-refractivity contribution in [2.24, 2.45) is 4.99 Å². The van der Waals surface area contributed by atoms with E-state index >= 15 is 0 Å². The zero-order chi connectivity index (χ0) is 18.4. The Labute approximate surface area is 157 Å². The average Bonchev–Trinajstić information content (AvgIpc) is 2.61. The maximum atomic E-state index is 9.35. The number of benzene rings is 1. The highest BCUT2D eigenvalue weighted by molar-refractivity contribution is 5.80. The number of aliphatic imine (C=N–C) groups is 1. The number of phenols is 1. The highest BCUT2D eigenvalue weighted by Gasteiger charge is 2.36. The van der Waals surface area contributed by atoms with Crippen molar-refractivity contribution in [1.82, 2.24) is 15.5 Å². The Balaban J connectivity index is 1.48. The number of nitrogens with zero attached hydrogens (tertiary/aromatic N) is 2. The van der Waals surface area contributed by atoms with Gasteiger partial charge in [-0.05, 0) is 70.2 Å². The minimum Gasteiger partial charge on any atom is -0.508 e. The molecule has 2 aliphatic rings. The van der Waals surface area contributed by atoms with Crippen LogP contribution < -0.4 is 10.6 Å². The van der Waals surface area contributed by atoms with E-state index in [0.717, 1.165) is 44.0 Å². The summed E-state index contributed by atoms with van der Waals surface area (Å²) >= 11 is 0. The number of hydrogen-bond acceptors (Lipinski definition) is 3. The standard InChI is InChI=1S/C21H34N4O/c1-3-22-21(23-13-5-6-16-9-11-20(26)12-10-16)24-17-14-18-7-4-8-19(15-17)25(18)2/h9-12,17-19,26H,3-8,13-15H2,1-2H3,(H2,22,23,24). The van der Waals surface area contributed by atoms with Gasteiger partial charge in [-0.3, -0.25) is 4.99 Å². The fraction of sp³-hybridized carbons (Fsp3) is 0.667. The number of rotatable bonds is 6. The molecule has 26 heavy (non-hydrogen) atoms. The van der Waals surface area contributed by atoms with E-state index in [4.69, 9.17) is 4.99 Å². The molecule has 5 nitrogen and oxygen atoms in total. The molecule has 1 aromatic rings. The van der Waals surface area contributed by atoms with E-state index in [-0.39, 0.29) is 0 Å². The minimum atomic E-state index is 0.327. The van der Waals surface area contributed by atoms with E-state index in [1.807, 2.05) is 12.1 Å². The quantitative estimate of drug-likeness (QED) is 0.416. The molecule has 2 unspecified atom stereocenters. The highest BCUT2D eigenvalue weighted by Crippen LogP contribution is 2.32. The van der Waals surface area contributed by atoms with Gasteiger partial charge in [-0.1, -0.05) is 18.6 Å². The van der Waals surface area contributed by atoms with Crippen molar-refractivity contribution in [3.05, 3.63) is 29.8 Å². The summed E-state index contributed by atoms with van der Waals surface area (Å²) in [5, 5.41) is 16.4. The average molecular weight is 359 g/mol. The van der Waals surface area contributed by atoms with Crippen LogP contribution in [0.3, 0.4) is 0 Å². The lowest BCUT2D eigenvalue weighted by Gasteiger charge is -2.47. The van der Waals surface area contributed by atoms with Crippen LogP contribution in [0.2, 0.25) is 0 Å². The van der Waals surface area contributed by atoms with E-state index < -0.39 is 0 Å². The Morgan fingerprint density at radius 2 is 1.88 bits per heavy atom. The molecule has 3 N–H and O–H groups in total. The van der Waals surface area contributed by atoms with Gasteiger partial charge >= 0.3 is 0 Å². The molecule has 2 bridgehead atoms. The summed E-state index contributed by atoms with van der Waals surface area (Å²) in [7, 11) is 2.30. The second-order valence-electron chi connectivity index (χ2n) is 7.75. The molecule has 1 aromatic carbocycles. The Morgan fingerprint density at radius 1 is 1.19 bits per heavy atom. The molecule has 0 aromatic heterocycles. The van der Waals surface area contributed by atoms with Crippen LogP contribution in [0.5, 0.6) is 5.75 Å². The molecule has 0 radical (unpaired) electrons. The van der Waals surface area contributed by atoms with Crippen LogP contribution in [0.1, 0.15) is 51.0 Å². The Bertz CT molecular complexity index is 572. The third-order valence-corrected chi connectivity index (χ3v) is 5.85. The Kier molecular flexibility index (Phi) is 6.78. The Morgan fingerprint density at radius 3 is 2.54 bits per heavy atom. The molecule has 0 spiro atoms. The van der Waals surface area contributed by atoms with E-state index in [1.165, 1.54) is 37.7 Å². The fourth-order valence-corrected chi connectivity index (χ4v) is 4.38. The predicted octanol–water partition coefficient (Wildman–Crippen LogP) is 2.90. The van der Waals surface area contributed by atoms with Gasteiger partial charge in [-0.2, -0.15) is 0 Å². The van der Waals surface area contributed by atoms with Crippen molar-refractivity contribution < 1.29 is 5.11 Å². The van der Waals surface area contributed by atoms with Crippen molar-refractivity contribution in [2.75, 3.05) is 20.1 Å². The molecule has 5 heteroatoms. The zero-order valence-corrected chi connectivity index (χ0v) is 16.2. The summed E-state index contributed by atoms with van der Waals surface area (Å²) < 4.78 is 0. The van der Waals surface area contributed by atoms with E-state index in [2.05, 4.69) is 29.5 Å². The van der Waals surface area contributed by atoms with Crippen molar-refractivity contribution in [2.45, 2.75) is 70.0 Å². The number of hydrogen-bond donors (Lipinski definition) is 3. The maximum absolute atomic E-state index is 9.35. The third-order valence-electron chi connectivity index (χ3n) is 5.85. The fourth-order valence-electron chi connectivity index (χ4n) is 4.38. The number of phenolic OH excluding ortho intramolecular Hbond substituents is 1. The summed E-state index contributed by atoms with van der Waals surface area (Å²) in [6.07, 6.45) is 8.52. The molecule has 2 aliphatic heterocycles. The van der Waals surface area contributed by atoms with Crippen molar-refractivity contribution >= 4 is 5.96 Å². The van der Waals surface area contributed by atoms with Crippen LogP contribution in [0.4, 0.5) is 0 Å². The summed E-state index contributed by atoms with van der Waals surface area (Å²) in [5.41, 5.74) is 1.25. The topological polar surface area (TPSA) is 59.9 Å². The largest absolute Gasteiger partial charge is 0.508 e. The monoisotopic (exact) mass is 358 g/mol. The van der Waals surface area contributed by atoms with Crippen LogP contribution in [0, 0.1) is 0 Å². The lowest BCUT2D eigenvalue weighted by Crippen LogP contribution is -2.56. The molecule has 0 amide bonds. The molecule has 2 fully saturated rings. The van der Waals surface area contributed by atoms with Gasteiger partial charge < -0.3 is 20.6 Å². The number of fused-ring (bicyclic) bond motifs is 2. The van der Waals surface area contributed by atoms with Crippen LogP contribution in [0.15, 0.2) is 29.3 Å². The zero-order valence-electron chi connectivity index (χ0n) is 16.2. The highest BCUT2D eigenvalue weighted by atomic mass is 16.3.